The highest BCUT2D eigenvalue weighted by atomic mass is 35.7. The van der Waals surface area contributed by atoms with Gasteiger partial charge in [-0.15, -0.1) is 10.2 Å². The van der Waals surface area contributed by atoms with Gasteiger partial charge in [-0.05, 0) is 26.8 Å². The average Bonchev–Trinajstić information content (AvgIpc) is 2.65. The highest BCUT2D eigenvalue weighted by Gasteiger charge is 2.50. The zero-order chi connectivity index (χ0) is 17.4. The number of halogens is 1. The number of fused-ring (bicyclic) bond motifs is 3. The molecule has 0 radical (unpaired) electrons. The van der Waals surface area contributed by atoms with Crippen molar-refractivity contribution in [1.29, 1.82) is 0 Å². The highest BCUT2D eigenvalue weighted by molar-refractivity contribution is 5.56. The number of hydrogen-bond acceptors (Lipinski definition) is 6. The normalized spacial score (nSPS) is 21.4. The predicted octanol–water partition coefficient (Wildman–Crippen LogP) is -2.07. The molecular weight excluding hydrogens is 320 g/mol. The zero-order valence-corrected chi connectivity index (χ0v) is 14.0. The van der Waals surface area contributed by atoms with Gasteiger partial charge in [0.25, 0.3) is 0 Å². The first-order chi connectivity index (χ1) is 10.5. The first kappa shape index (κ1) is 17.8. The van der Waals surface area contributed by atoms with E-state index in [1.165, 1.54) is 22.5 Å². The van der Waals surface area contributed by atoms with E-state index in [-0.39, 0.29) is 5.41 Å². The number of allylic oxidation sites excluding steroid dienone is 6. The van der Waals surface area contributed by atoms with Gasteiger partial charge < -0.3 is 5.73 Å². The van der Waals surface area contributed by atoms with Crippen LogP contribution in [0.4, 0.5) is 0 Å². The maximum atomic E-state index is 8.49. The first-order valence-electron chi connectivity index (χ1n) is 7.08. The second-order valence-electron chi connectivity index (χ2n) is 6.04. The molecule has 0 amide bonds. The number of hydrogen-bond donors (Lipinski definition) is 1. The molecule has 6 nitrogen and oxygen atoms in total. The summed E-state index contributed by atoms with van der Waals surface area (Å²) in [5, 5.41) is 0. The van der Waals surface area contributed by atoms with Crippen LogP contribution >= 0.6 is 0 Å². The second-order valence-corrected chi connectivity index (χ2v) is 6.80. The Morgan fingerprint density at radius 1 is 1.26 bits per heavy atom. The van der Waals surface area contributed by atoms with Crippen LogP contribution in [0.5, 0.6) is 0 Å². The quantitative estimate of drug-likeness (QED) is 0.548. The summed E-state index contributed by atoms with van der Waals surface area (Å²) in [5.74, 6) is 0. The average molecular weight is 339 g/mol. The Morgan fingerprint density at radius 2 is 1.87 bits per heavy atom. The summed E-state index contributed by atoms with van der Waals surface area (Å²) >= 11 is 0. The lowest BCUT2D eigenvalue weighted by Crippen LogP contribution is -2.68. The lowest BCUT2D eigenvalue weighted by molar-refractivity contribution is -2.00. The van der Waals surface area contributed by atoms with Crippen molar-refractivity contribution in [2.75, 3.05) is 13.1 Å². The predicted molar refractivity (Wildman–Crippen MR) is 74.3 cm³/mol. The molecule has 1 saturated heterocycles. The molecule has 1 aliphatic carbocycles. The van der Waals surface area contributed by atoms with E-state index >= 15 is 0 Å². The summed E-state index contributed by atoms with van der Waals surface area (Å²) in [6, 6.07) is 0. The monoisotopic (exact) mass is 338 g/mol. The summed E-state index contributed by atoms with van der Waals surface area (Å²) in [5.41, 5.74) is 12.1. The van der Waals surface area contributed by atoms with Crippen LogP contribution in [-0.4, -0.2) is 18.0 Å². The van der Waals surface area contributed by atoms with Crippen LogP contribution in [0.2, 0.25) is 0 Å². The van der Waals surface area contributed by atoms with Crippen molar-refractivity contribution in [3.63, 3.8) is 0 Å². The summed E-state index contributed by atoms with van der Waals surface area (Å²) in [4.78, 5) is 2.39. The number of nitrogens with two attached hydrogens (primary N) is 1. The van der Waals surface area contributed by atoms with Gasteiger partial charge in [-0.25, -0.2) is 18.6 Å². The molecule has 23 heavy (non-hydrogen) atoms. The molecule has 7 heteroatoms. The Hall–Kier alpha value is -1.50. The lowest BCUT2D eigenvalue weighted by atomic mass is 9.80. The highest BCUT2D eigenvalue weighted by Crippen LogP contribution is 2.52. The third-order valence-corrected chi connectivity index (χ3v) is 4.01. The molecule has 3 aliphatic rings. The fourth-order valence-electron chi connectivity index (χ4n) is 2.91. The van der Waals surface area contributed by atoms with E-state index in [9.17, 15) is 0 Å². The van der Waals surface area contributed by atoms with E-state index in [0.29, 0.717) is 6.54 Å². The van der Waals surface area contributed by atoms with Gasteiger partial charge in [0.2, 0.25) is 0 Å². The molecular formula is C16H19ClN2O4. The van der Waals surface area contributed by atoms with Crippen molar-refractivity contribution in [1.82, 2.24) is 4.90 Å². The van der Waals surface area contributed by atoms with Gasteiger partial charge in [0.1, 0.15) is 5.57 Å². The Kier molecular flexibility index (Phi) is 4.80. The first-order valence-corrected chi connectivity index (χ1v) is 8.31. The Bertz CT molecular complexity index is 645. The summed E-state index contributed by atoms with van der Waals surface area (Å²) < 4.78 is 34.0. The van der Waals surface area contributed by atoms with Crippen LogP contribution in [-0.2, 0) is 0 Å². The van der Waals surface area contributed by atoms with E-state index in [1.807, 2.05) is 0 Å². The molecule has 0 aromatic heterocycles. The van der Waals surface area contributed by atoms with Gasteiger partial charge in [-0.3, -0.25) is 4.90 Å². The molecule has 2 aliphatic heterocycles. The molecule has 0 saturated carbocycles. The van der Waals surface area contributed by atoms with E-state index < -0.39 is 10.2 Å². The fraction of sp³-hybridized carbons (Fsp3) is 0.375. The van der Waals surface area contributed by atoms with Crippen LogP contribution in [0.25, 0.3) is 0 Å². The minimum Gasteiger partial charge on any atom is -0.324 e. The summed E-state index contributed by atoms with van der Waals surface area (Å²) in [6.07, 6.45) is 12.3. The molecule has 0 spiro atoms. The second kappa shape index (κ2) is 6.19. The standard InChI is InChI=1S/C16H19N2.ClHO4/c1-11-6-7-18-14-5-4-12(10-17)9-13(14)16(2,3)15(18)8-11;2-1(3,4)5/h4-6,8H,7,10,17H2,1-3H3;(H,2,3,4,5)/q+1;/p-1. The molecule has 0 atom stereocenters. The molecule has 0 unspecified atom stereocenters. The van der Waals surface area contributed by atoms with Crippen molar-refractivity contribution < 1.29 is 28.9 Å². The van der Waals surface area contributed by atoms with Gasteiger partial charge in [-0.1, -0.05) is 11.6 Å². The van der Waals surface area contributed by atoms with Crippen LogP contribution in [0.1, 0.15) is 20.8 Å². The van der Waals surface area contributed by atoms with E-state index in [0.717, 1.165) is 12.1 Å². The Labute approximate surface area is 137 Å². The van der Waals surface area contributed by atoms with Gasteiger partial charge in [0, 0.05) is 5.70 Å². The number of rotatable bonds is 1. The van der Waals surface area contributed by atoms with Crippen LogP contribution in [0, 0.1) is 21.7 Å². The number of nitrogens with zero attached hydrogens (tertiary/aromatic N) is 1. The van der Waals surface area contributed by atoms with Crippen molar-refractivity contribution in [2.24, 2.45) is 11.1 Å². The fourth-order valence-corrected chi connectivity index (χ4v) is 2.91. The van der Waals surface area contributed by atoms with Crippen LogP contribution in [0.3, 0.4) is 0 Å². The minimum atomic E-state index is -4.94. The molecule has 1 fully saturated rings. The maximum Gasteiger partial charge on any atom is 0.158 e. The van der Waals surface area contributed by atoms with E-state index in [4.69, 9.17) is 24.4 Å². The van der Waals surface area contributed by atoms with Gasteiger partial charge in [-0.2, -0.15) is 0 Å². The molecule has 0 aromatic carbocycles. The lowest BCUT2D eigenvalue weighted by Gasteiger charge is -2.25. The van der Waals surface area contributed by atoms with Gasteiger partial charge in [0.05, 0.1) is 36.7 Å². The molecule has 2 heterocycles. The van der Waals surface area contributed by atoms with Gasteiger partial charge in [0.15, 0.2) is 11.3 Å². The topological polar surface area (TPSA) is 122 Å². The molecule has 2 N–H and O–H groups in total. The largest absolute Gasteiger partial charge is 0.324 e. The van der Waals surface area contributed by atoms with Crippen molar-refractivity contribution in [3.05, 3.63) is 58.5 Å². The summed E-state index contributed by atoms with van der Waals surface area (Å²) in [6.45, 7) is 8.22. The Balaban J connectivity index is 0.000000338. The maximum absolute atomic E-state index is 8.49. The zero-order valence-electron chi connectivity index (χ0n) is 13.3. The van der Waals surface area contributed by atoms with Crippen LogP contribution in [0.15, 0.2) is 52.4 Å². The molecule has 124 valence electrons. The van der Waals surface area contributed by atoms with Gasteiger partial charge >= 0.3 is 0 Å². The van der Waals surface area contributed by atoms with Crippen molar-refractivity contribution >= 4 is 0 Å². The third kappa shape index (κ3) is 3.88. The smallest absolute Gasteiger partial charge is 0.158 e. The van der Waals surface area contributed by atoms with E-state index in [2.05, 4.69) is 56.1 Å². The van der Waals surface area contributed by atoms with E-state index in [1.54, 1.807) is 0 Å². The third-order valence-electron chi connectivity index (χ3n) is 4.01. The molecule has 0 aromatic rings. The molecule has 0 bridgehead atoms. The van der Waals surface area contributed by atoms with Crippen molar-refractivity contribution in [3.8, 4) is 0 Å². The minimum absolute atomic E-state index is 0.0238. The summed E-state index contributed by atoms with van der Waals surface area (Å²) in [7, 11) is -4.94. The van der Waals surface area contributed by atoms with Crippen molar-refractivity contribution in [2.45, 2.75) is 20.8 Å². The SMILES string of the molecule is CC1=CCN2C3=CC=C(CN)[C+]=C3C(C)(C)C2=C1.[O-][Cl+3]([O-])([O-])[O-]. The van der Waals surface area contributed by atoms with Crippen LogP contribution < -0.4 is 24.4 Å². The molecule has 3 rings (SSSR count). The Morgan fingerprint density at radius 3 is 2.43 bits per heavy atom.